The second-order valence-electron chi connectivity index (χ2n) is 3.89. The SMILES string of the molecule is O=C1c2nc(Br)sc2CN1Cc1ccccc1. The summed E-state index contributed by atoms with van der Waals surface area (Å²) in [5.41, 5.74) is 1.76. The van der Waals surface area contributed by atoms with Gasteiger partial charge in [-0.15, -0.1) is 11.3 Å². The molecular weight excluding hydrogens is 300 g/mol. The summed E-state index contributed by atoms with van der Waals surface area (Å²) in [7, 11) is 0. The van der Waals surface area contributed by atoms with Crippen LogP contribution in [0.3, 0.4) is 0 Å². The highest BCUT2D eigenvalue weighted by Crippen LogP contribution is 2.31. The smallest absolute Gasteiger partial charge is 0.274 e. The Morgan fingerprint density at radius 3 is 2.82 bits per heavy atom. The maximum absolute atomic E-state index is 12.1. The molecule has 2 heterocycles. The van der Waals surface area contributed by atoms with Gasteiger partial charge in [0.15, 0.2) is 3.92 Å². The molecule has 0 N–H and O–H groups in total. The minimum atomic E-state index is 0.0332. The molecule has 0 atom stereocenters. The third-order valence-corrected chi connectivity index (χ3v) is 4.20. The molecule has 1 aliphatic heterocycles. The van der Waals surface area contributed by atoms with E-state index in [0.717, 1.165) is 14.4 Å². The van der Waals surface area contributed by atoms with Gasteiger partial charge >= 0.3 is 0 Å². The van der Waals surface area contributed by atoms with E-state index in [1.807, 2.05) is 35.2 Å². The van der Waals surface area contributed by atoms with Gasteiger partial charge in [0.2, 0.25) is 0 Å². The molecule has 0 spiro atoms. The molecule has 0 unspecified atom stereocenters. The molecule has 1 aliphatic rings. The Bertz CT molecular complexity index is 567. The molecule has 0 saturated carbocycles. The lowest BCUT2D eigenvalue weighted by Crippen LogP contribution is -2.23. The molecule has 1 aromatic heterocycles. The summed E-state index contributed by atoms with van der Waals surface area (Å²) >= 11 is 4.85. The van der Waals surface area contributed by atoms with Gasteiger partial charge in [0.1, 0.15) is 5.69 Å². The van der Waals surface area contributed by atoms with Crippen LogP contribution in [0.15, 0.2) is 34.2 Å². The van der Waals surface area contributed by atoms with Crippen molar-refractivity contribution in [3.8, 4) is 0 Å². The van der Waals surface area contributed by atoms with Gasteiger partial charge in [-0.3, -0.25) is 4.79 Å². The van der Waals surface area contributed by atoms with Crippen LogP contribution in [-0.4, -0.2) is 15.8 Å². The molecule has 86 valence electrons. The van der Waals surface area contributed by atoms with Gasteiger partial charge in [0.25, 0.3) is 5.91 Å². The zero-order valence-corrected chi connectivity index (χ0v) is 11.3. The van der Waals surface area contributed by atoms with E-state index in [9.17, 15) is 4.79 Å². The van der Waals surface area contributed by atoms with Gasteiger partial charge in [-0.25, -0.2) is 4.98 Å². The number of carbonyl (C=O) groups excluding carboxylic acids is 1. The fraction of sp³-hybridized carbons (Fsp3) is 0.167. The third-order valence-electron chi connectivity index (χ3n) is 2.71. The zero-order chi connectivity index (χ0) is 11.8. The van der Waals surface area contributed by atoms with E-state index in [1.165, 1.54) is 11.3 Å². The number of carbonyl (C=O) groups is 1. The van der Waals surface area contributed by atoms with Crippen LogP contribution in [0.1, 0.15) is 20.9 Å². The average Bonchev–Trinajstić information content (AvgIpc) is 2.81. The number of fused-ring (bicyclic) bond motifs is 1. The summed E-state index contributed by atoms with van der Waals surface area (Å²) < 4.78 is 0.787. The van der Waals surface area contributed by atoms with Crippen LogP contribution in [-0.2, 0) is 13.1 Å². The van der Waals surface area contributed by atoms with Crippen molar-refractivity contribution >= 4 is 33.2 Å². The summed E-state index contributed by atoms with van der Waals surface area (Å²) in [6.07, 6.45) is 0. The van der Waals surface area contributed by atoms with Crippen LogP contribution in [0.4, 0.5) is 0 Å². The van der Waals surface area contributed by atoms with Crippen LogP contribution in [0.2, 0.25) is 0 Å². The minimum Gasteiger partial charge on any atom is -0.328 e. The minimum absolute atomic E-state index is 0.0332. The first kappa shape index (κ1) is 10.9. The summed E-state index contributed by atoms with van der Waals surface area (Å²) in [6.45, 7) is 1.33. The molecule has 0 saturated heterocycles. The first-order valence-electron chi connectivity index (χ1n) is 5.22. The van der Waals surface area contributed by atoms with Crippen molar-refractivity contribution in [3.63, 3.8) is 0 Å². The Balaban J connectivity index is 1.81. The number of hydrogen-bond donors (Lipinski definition) is 0. The molecule has 0 fully saturated rings. The number of aromatic nitrogens is 1. The Labute approximate surface area is 111 Å². The summed E-state index contributed by atoms with van der Waals surface area (Å²) in [5.74, 6) is 0.0332. The first-order valence-corrected chi connectivity index (χ1v) is 6.83. The van der Waals surface area contributed by atoms with Gasteiger partial charge < -0.3 is 4.90 Å². The van der Waals surface area contributed by atoms with Crippen molar-refractivity contribution in [1.82, 2.24) is 9.88 Å². The fourth-order valence-electron chi connectivity index (χ4n) is 1.92. The molecule has 0 bridgehead atoms. The Hall–Kier alpha value is -1.20. The van der Waals surface area contributed by atoms with Gasteiger partial charge in [-0.05, 0) is 21.5 Å². The standard InChI is InChI=1S/C12H9BrN2OS/c13-12-14-10-9(17-12)7-15(11(10)16)6-8-4-2-1-3-5-8/h1-5H,6-7H2. The monoisotopic (exact) mass is 308 g/mol. The lowest BCUT2D eigenvalue weighted by molar-refractivity contribution is 0.0762. The Kier molecular flexibility index (Phi) is 2.72. The van der Waals surface area contributed by atoms with Crippen molar-refractivity contribution in [1.29, 1.82) is 0 Å². The van der Waals surface area contributed by atoms with E-state index in [2.05, 4.69) is 20.9 Å². The van der Waals surface area contributed by atoms with Crippen molar-refractivity contribution in [2.24, 2.45) is 0 Å². The first-order chi connectivity index (χ1) is 8.24. The van der Waals surface area contributed by atoms with Crippen LogP contribution >= 0.6 is 27.3 Å². The maximum Gasteiger partial charge on any atom is 0.274 e. The van der Waals surface area contributed by atoms with E-state index in [0.29, 0.717) is 18.8 Å². The third kappa shape index (κ3) is 2.00. The summed E-state index contributed by atoms with van der Waals surface area (Å²) in [5, 5.41) is 0. The number of thiazole rings is 1. The maximum atomic E-state index is 12.1. The Morgan fingerprint density at radius 2 is 2.12 bits per heavy atom. The van der Waals surface area contributed by atoms with E-state index >= 15 is 0 Å². The van der Waals surface area contributed by atoms with E-state index in [-0.39, 0.29) is 5.91 Å². The number of rotatable bonds is 2. The predicted octanol–water partition coefficient (Wildman–Crippen LogP) is 3.06. The fourth-order valence-corrected chi connectivity index (χ4v) is 3.48. The number of benzene rings is 1. The number of halogens is 1. The molecule has 3 rings (SSSR count). The molecule has 2 aromatic rings. The molecule has 0 aliphatic carbocycles. The van der Waals surface area contributed by atoms with Crippen molar-refractivity contribution in [2.75, 3.05) is 0 Å². The van der Waals surface area contributed by atoms with Crippen molar-refractivity contribution < 1.29 is 4.79 Å². The second kappa shape index (κ2) is 4.23. The van der Waals surface area contributed by atoms with Crippen molar-refractivity contribution in [3.05, 3.63) is 50.4 Å². The van der Waals surface area contributed by atoms with Crippen LogP contribution in [0.5, 0.6) is 0 Å². The van der Waals surface area contributed by atoms with E-state index in [4.69, 9.17) is 0 Å². The molecule has 1 aromatic carbocycles. The van der Waals surface area contributed by atoms with Crippen molar-refractivity contribution in [2.45, 2.75) is 13.1 Å². The molecule has 3 nitrogen and oxygen atoms in total. The van der Waals surface area contributed by atoms with Crippen LogP contribution in [0.25, 0.3) is 0 Å². The molecular formula is C12H9BrN2OS. The predicted molar refractivity (Wildman–Crippen MR) is 69.8 cm³/mol. The van der Waals surface area contributed by atoms with Gasteiger partial charge in [0.05, 0.1) is 11.4 Å². The lowest BCUT2D eigenvalue weighted by atomic mass is 10.2. The largest absolute Gasteiger partial charge is 0.328 e. The van der Waals surface area contributed by atoms with Crippen LogP contribution < -0.4 is 0 Å². The lowest BCUT2D eigenvalue weighted by Gasteiger charge is -2.15. The second-order valence-corrected chi connectivity index (χ2v) is 6.25. The normalized spacial score (nSPS) is 14.2. The van der Waals surface area contributed by atoms with E-state index < -0.39 is 0 Å². The van der Waals surface area contributed by atoms with Gasteiger partial charge in [-0.1, -0.05) is 30.3 Å². The van der Waals surface area contributed by atoms with E-state index in [1.54, 1.807) is 0 Å². The molecule has 17 heavy (non-hydrogen) atoms. The average molecular weight is 309 g/mol. The van der Waals surface area contributed by atoms with Gasteiger partial charge in [-0.2, -0.15) is 0 Å². The highest BCUT2D eigenvalue weighted by molar-refractivity contribution is 9.11. The highest BCUT2D eigenvalue weighted by atomic mass is 79.9. The summed E-state index contributed by atoms with van der Waals surface area (Å²) in [4.78, 5) is 19.2. The topological polar surface area (TPSA) is 33.2 Å². The number of hydrogen-bond acceptors (Lipinski definition) is 3. The van der Waals surface area contributed by atoms with Crippen LogP contribution in [0, 0.1) is 0 Å². The Morgan fingerprint density at radius 1 is 1.35 bits per heavy atom. The van der Waals surface area contributed by atoms with Gasteiger partial charge in [0, 0.05) is 6.54 Å². The molecule has 0 radical (unpaired) electrons. The summed E-state index contributed by atoms with van der Waals surface area (Å²) in [6, 6.07) is 10.0. The molecule has 1 amide bonds. The zero-order valence-electron chi connectivity index (χ0n) is 8.89. The number of amides is 1. The highest BCUT2D eigenvalue weighted by Gasteiger charge is 2.31. The quantitative estimate of drug-likeness (QED) is 0.854. The number of nitrogens with zero attached hydrogens (tertiary/aromatic N) is 2. The molecule has 5 heteroatoms.